The number of hydrogen-bond acceptors (Lipinski definition) is 2. The maximum absolute atomic E-state index is 3.67. The van der Waals surface area contributed by atoms with Crippen LogP contribution in [0.2, 0.25) is 0 Å². The average molecular weight is 226 g/mol. The summed E-state index contributed by atoms with van der Waals surface area (Å²) in [5.74, 6) is 1.71. The van der Waals surface area contributed by atoms with Gasteiger partial charge >= 0.3 is 0 Å². The van der Waals surface area contributed by atoms with Gasteiger partial charge in [-0.15, -0.1) is 0 Å². The molecule has 1 rings (SSSR count). The molecule has 0 aromatic rings. The van der Waals surface area contributed by atoms with Crippen molar-refractivity contribution < 1.29 is 0 Å². The third kappa shape index (κ3) is 4.06. The number of rotatable bonds is 6. The Labute approximate surface area is 102 Å². The van der Waals surface area contributed by atoms with Gasteiger partial charge in [0.2, 0.25) is 0 Å². The highest BCUT2D eigenvalue weighted by Gasteiger charge is 2.23. The van der Waals surface area contributed by atoms with Crippen molar-refractivity contribution >= 4 is 0 Å². The van der Waals surface area contributed by atoms with Crippen LogP contribution in [0, 0.1) is 11.8 Å². The van der Waals surface area contributed by atoms with Crippen molar-refractivity contribution in [2.45, 2.75) is 53.0 Å². The molecule has 1 aliphatic rings. The normalized spacial score (nSPS) is 24.9. The Morgan fingerprint density at radius 2 is 1.88 bits per heavy atom. The van der Waals surface area contributed by atoms with Gasteiger partial charge in [0.15, 0.2) is 0 Å². The second-order valence-electron chi connectivity index (χ2n) is 5.39. The topological polar surface area (TPSA) is 15.3 Å². The summed E-state index contributed by atoms with van der Waals surface area (Å²) < 4.78 is 0. The predicted molar refractivity (Wildman–Crippen MR) is 71.8 cm³/mol. The highest BCUT2D eigenvalue weighted by molar-refractivity contribution is 4.82. The average Bonchev–Trinajstić information content (AvgIpc) is 2.35. The van der Waals surface area contributed by atoms with Gasteiger partial charge in [0.25, 0.3) is 0 Å². The van der Waals surface area contributed by atoms with E-state index < -0.39 is 0 Å². The molecule has 2 heteroatoms. The molecule has 96 valence electrons. The molecule has 1 aliphatic heterocycles. The molecule has 0 aliphatic carbocycles. The number of piperazine rings is 1. The van der Waals surface area contributed by atoms with Crippen molar-refractivity contribution in [1.29, 1.82) is 0 Å². The Hall–Kier alpha value is -0.0800. The molecule has 0 bridgehead atoms. The smallest absolute Gasteiger partial charge is 0.0221 e. The summed E-state index contributed by atoms with van der Waals surface area (Å²) in [7, 11) is 0. The van der Waals surface area contributed by atoms with Crippen molar-refractivity contribution in [3.8, 4) is 0 Å². The second-order valence-corrected chi connectivity index (χ2v) is 5.39. The van der Waals surface area contributed by atoms with E-state index in [0.29, 0.717) is 6.04 Å². The molecule has 1 saturated heterocycles. The molecule has 0 aromatic heterocycles. The Bertz CT molecular complexity index is 178. The summed E-state index contributed by atoms with van der Waals surface area (Å²) in [5.41, 5.74) is 0. The molecular weight excluding hydrogens is 196 g/mol. The summed E-state index contributed by atoms with van der Waals surface area (Å²) in [4.78, 5) is 2.67. The minimum Gasteiger partial charge on any atom is -0.311 e. The molecule has 0 amide bonds. The van der Waals surface area contributed by atoms with Crippen LogP contribution >= 0.6 is 0 Å². The van der Waals surface area contributed by atoms with E-state index in [1.807, 2.05) is 0 Å². The number of nitrogens with zero attached hydrogens (tertiary/aromatic N) is 1. The third-order valence-electron chi connectivity index (χ3n) is 4.29. The van der Waals surface area contributed by atoms with Crippen molar-refractivity contribution in [2.75, 3.05) is 26.2 Å². The second kappa shape index (κ2) is 7.29. The maximum atomic E-state index is 3.67. The summed E-state index contributed by atoms with van der Waals surface area (Å²) in [5, 5.41) is 3.67. The van der Waals surface area contributed by atoms with Crippen LogP contribution in [-0.2, 0) is 0 Å². The largest absolute Gasteiger partial charge is 0.311 e. The molecule has 2 atom stereocenters. The van der Waals surface area contributed by atoms with Crippen molar-refractivity contribution in [3.05, 3.63) is 0 Å². The molecule has 0 spiro atoms. The standard InChI is InChI=1S/C14H30N2/c1-5-12(4)14-11-16(9-8-15-14)10-13(6-2)7-3/h12-15H,5-11H2,1-4H3. The monoisotopic (exact) mass is 226 g/mol. The zero-order chi connectivity index (χ0) is 12.0. The van der Waals surface area contributed by atoms with E-state index in [4.69, 9.17) is 0 Å². The Morgan fingerprint density at radius 1 is 1.19 bits per heavy atom. The molecule has 2 unspecified atom stereocenters. The van der Waals surface area contributed by atoms with Gasteiger partial charge < -0.3 is 10.2 Å². The molecule has 0 radical (unpaired) electrons. The summed E-state index contributed by atoms with van der Waals surface area (Å²) in [6.45, 7) is 14.3. The van der Waals surface area contributed by atoms with Gasteiger partial charge in [-0.2, -0.15) is 0 Å². The Morgan fingerprint density at radius 3 is 2.44 bits per heavy atom. The van der Waals surface area contributed by atoms with Gasteiger partial charge in [-0.25, -0.2) is 0 Å². The molecule has 0 aromatic carbocycles. The lowest BCUT2D eigenvalue weighted by Crippen LogP contribution is -2.54. The molecule has 1 heterocycles. The highest BCUT2D eigenvalue weighted by atomic mass is 15.2. The van der Waals surface area contributed by atoms with Gasteiger partial charge in [0.05, 0.1) is 0 Å². The van der Waals surface area contributed by atoms with Crippen molar-refractivity contribution in [3.63, 3.8) is 0 Å². The molecular formula is C14H30N2. The summed E-state index contributed by atoms with van der Waals surface area (Å²) in [6, 6.07) is 0.716. The number of hydrogen-bond donors (Lipinski definition) is 1. The van der Waals surface area contributed by atoms with Crippen LogP contribution in [0.3, 0.4) is 0 Å². The quantitative estimate of drug-likeness (QED) is 0.749. The van der Waals surface area contributed by atoms with E-state index >= 15 is 0 Å². The lowest BCUT2D eigenvalue weighted by Gasteiger charge is -2.38. The van der Waals surface area contributed by atoms with Crippen LogP contribution in [-0.4, -0.2) is 37.1 Å². The van der Waals surface area contributed by atoms with Gasteiger partial charge in [-0.05, 0) is 11.8 Å². The third-order valence-corrected chi connectivity index (χ3v) is 4.29. The summed E-state index contributed by atoms with van der Waals surface area (Å²) in [6.07, 6.45) is 3.94. The van der Waals surface area contributed by atoms with Crippen molar-refractivity contribution in [2.24, 2.45) is 11.8 Å². The number of nitrogens with one attached hydrogen (secondary N) is 1. The Balaban J connectivity index is 2.38. The fourth-order valence-electron chi connectivity index (χ4n) is 2.59. The highest BCUT2D eigenvalue weighted by Crippen LogP contribution is 2.15. The van der Waals surface area contributed by atoms with E-state index in [-0.39, 0.29) is 0 Å². The maximum Gasteiger partial charge on any atom is 0.0221 e. The lowest BCUT2D eigenvalue weighted by molar-refractivity contribution is 0.145. The van der Waals surface area contributed by atoms with E-state index in [0.717, 1.165) is 11.8 Å². The lowest BCUT2D eigenvalue weighted by atomic mass is 9.96. The molecule has 2 nitrogen and oxygen atoms in total. The minimum atomic E-state index is 0.716. The van der Waals surface area contributed by atoms with E-state index in [2.05, 4.69) is 37.9 Å². The van der Waals surface area contributed by atoms with Crippen LogP contribution in [0.5, 0.6) is 0 Å². The van der Waals surface area contributed by atoms with Crippen molar-refractivity contribution in [1.82, 2.24) is 10.2 Å². The Kier molecular flexibility index (Phi) is 6.37. The molecule has 1 fully saturated rings. The van der Waals surface area contributed by atoms with Gasteiger partial charge in [-0.3, -0.25) is 0 Å². The fourth-order valence-corrected chi connectivity index (χ4v) is 2.59. The molecule has 1 N–H and O–H groups in total. The fraction of sp³-hybridized carbons (Fsp3) is 1.00. The first-order chi connectivity index (χ1) is 7.71. The zero-order valence-electron chi connectivity index (χ0n) is 11.6. The van der Waals surface area contributed by atoms with Crippen LogP contribution < -0.4 is 5.32 Å². The SMILES string of the molecule is CCC(CC)CN1CCNC(C(C)CC)C1. The van der Waals surface area contributed by atoms with Gasteiger partial charge in [0.1, 0.15) is 0 Å². The first-order valence-electron chi connectivity index (χ1n) is 7.16. The molecule has 16 heavy (non-hydrogen) atoms. The predicted octanol–water partition coefficient (Wildman–Crippen LogP) is 2.74. The van der Waals surface area contributed by atoms with Crippen LogP contribution in [0.15, 0.2) is 0 Å². The van der Waals surface area contributed by atoms with Gasteiger partial charge in [-0.1, -0.05) is 47.0 Å². The molecule has 0 saturated carbocycles. The van der Waals surface area contributed by atoms with E-state index in [1.165, 1.54) is 45.4 Å². The minimum absolute atomic E-state index is 0.716. The first kappa shape index (κ1) is 14.0. The van der Waals surface area contributed by atoms with Crippen LogP contribution in [0.1, 0.15) is 47.0 Å². The van der Waals surface area contributed by atoms with Crippen LogP contribution in [0.4, 0.5) is 0 Å². The zero-order valence-corrected chi connectivity index (χ0v) is 11.6. The van der Waals surface area contributed by atoms with Gasteiger partial charge in [0, 0.05) is 32.2 Å². The van der Waals surface area contributed by atoms with E-state index in [1.54, 1.807) is 0 Å². The summed E-state index contributed by atoms with van der Waals surface area (Å²) >= 11 is 0. The van der Waals surface area contributed by atoms with Crippen LogP contribution in [0.25, 0.3) is 0 Å². The van der Waals surface area contributed by atoms with E-state index in [9.17, 15) is 0 Å². The first-order valence-corrected chi connectivity index (χ1v) is 7.16.